The summed E-state index contributed by atoms with van der Waals surface area (Å²) in [7, 11) is 0. The van der Waals surface area contributed by atoms with E-state index in [1.807, 2.05) is 0 Å². The highest BCUT2D eigenvalue weighted by molar-refractivity contribution is 6.33. The summed E-state index contributed by atoms with van der Waals surface area (Å²) in [6.07, 6.45) is 4.59. The number of nitrogens with one attached hydrogen (secondary N) is 2. The third-order valence-electron chi connectivity index (χ3n) is 3.82. The molecule has 0 heterocycles. The molecule has 6 heteroatoms. The number of rotatable bonds is 6. The lowest BCUT2D eigenvalue weighted by Crippen LogP contribution is -2.33. The topological polar surface area (TPSA) is 78.4 Å². The summed E-state index contributed by atoms with van der Waals surface area (Å²) in [5, 5.41) is 14.5. The van der Waals surface area contributed by atoms with Gasteiger partial charge in [0.2, 0.25) is 0 Å². The molecule has 0 saturated heterocycles. The Morgan fingerprint density at radius 2 is 2.10 bits per heavy atom. The first kappa shape index (κ1) is 15.6. The number of carbonyl (C=O) groups excluding carboxylic acids is 1. The smallest absolute Gasteiger partial charge is 0.337 e. The summed E-state index contributed by atoms with van der Waals surface area (Å²) in [5.41, 5.74) is 0.780. The largest absolute Gasteiger partial charge is 0.478 e. The molecule has 5 nitrogen and oxygen atoms in total. The second kappa shape index (κ2) is 6.35. The van der Waals surface area contributed by atoms with E-state index in [0.29, 0.717) is 12.2 Å². The number of urea groups is 1. The minimum Gasteiger partial charge on any atom is -0.478 e. The van der Waals surface area contributed by atoms with E-state index in [-0.39, 0.29) is 22.0 Å². The number of aromatic carboxylic acids is 1. The van der Waals surface area contributed by atoms with Crippen LogP contribution >= 0.6 is 11.6 Å². The van der Waals surface area contributed by atoms with Gasteiger partial charge in [0, 0.05) is 12.2 Å². The highest BCUT2D eigenvalue weighted by Crippen LogP contribution is 2.48. The summed E-state index contributed by atoms with van der Waals surface area (Å²) in [5.74, 6) is -1.09. The highest BCUT2D eigenvalue weighted by atomic mass is 35.5. The van der Waals surface area contributed by atoms with Gasteiger partial charge in [-0.15, -0.1) is 0 Å². The zero-order chi connectivity index (χ0) is 15.5. The zero-order valence-electron chi connectivity index (χ0n) is 11.9. The normalized spacial score (nSPS) is 15.3. The molecule has 0 bridgehead atoms. The van der Waals surface area contributed by atoms with Gasteiger partial charge >= 0.3 is 12.0 Å². The predicted octanol–water partition coefficient (Wildman–Crippen LogP) is 3.74. The molecule has 1 aromatic carbocycles. The maximum Gasteiger partial charge on any atom is 0.337 e. The molecule has 0 atom stereocenters. The molecule has 2 rings (SSSR count). The van der Waals surface area contributed by atoms with Crippen molar-refractivity contribution in [2.75, 3.05) is 11.9 Å². The number of carboxylic acids is 1. The fraction of sp³-hybridized carbons (Fsp3) is 0.467. The Balaban J connectivity index is 1.88. The average molecular weight is 311 g/mol. The molecule has 0 aromatic heterocycles. The molecule has 0 aliphatic heterocycles. The lowest BCUT2D eigenvalue weighted by Gasteiger charge is -2.15. The number of hydrogen-bond acceptors (Lipinski definition) is 2. The van der Waals surface area contributed by atoms with Gasteiger partial charge in [0.05, 0.1) is 10.6 Å². The van der Waals surface area contributed by atoms with Crippen LogP contribution in [0, 0.1) is 5.41 Å². The molecule has 0 spiro atoms. The Morgan fingerprint density at radius 3 is 2.62 bits per heavy atom. The van der Waals surface area contributed by atoms with Gasteiger partial charge in [-0.2, -0.15) is 0 Å². The van der Waals surface area contributed by atoms with Crippen LogP contribution < -0.4 is 10.6 Å². The summed E-state index contributed by atoms with van der Waals surface area (Å²) >= 11 is 5.86. The molecule has 1 aliphatic carbocycles. The average Bonchev–Trinajstić information content (AvgIpc) is 3.17. The maximum atomic E-state index is 11.8. The van der Waals surface area contributed by atoms with Crippen molar-refractivity contribution in [1.82, 2.24) is 5.32 Å². The summed E-state index contributed by atoms with van der Waals surface area (Å²) < 4.78 is 0. The molecule has 1 aromatic rings. The Hall–Kier alpha value is -1.75. The van der Waals surface area contributed by atoms with E-state index >= 15 is 0 Å². The molecular formula is C15H19ClN2O3. The predicted molar refractivity (Wildman–Crippen MR) is 82.0 cm³/mol. The van der Waals surface area contributed by atoms with Gasteiger partial charge in [0.15, 0.2) is 0 Å². The summed E-state index contributed by atoms with van der Waals surface area (Å²) in [4.78, 5) is 22.7. The van der Waals surface area contributed by atoms with Gasteiger partial charge in [-0.3, -0.25) is 0 Å². The van der Waals surface area contributed by atoms with E-state index in [0.717, 1.165) is 12.8 Å². The van der Waals surface area contributed by atoms with Crippen LogP contribution in [-0.2, 0) is 0 Å². The molecule has 21 heavy (non-hydrogen) atoms. The molecule has 0 unspecified atom stereocenters. The van der Waals surface area contributed by atoms with Crippen molar-refractivity contribution < 1.29 is 14.7 Å². The third kappa shape index (κ3) is 4.11. The van der Waals surface area contributed by atoms with Gasteiger partial charge in [0.25, 0.3) is 0 Å². The quantitative estimate of drug-likeness (QED) is 0.749. The van der Waals surface area contributed by atoms with Crippen LogP contribution in [0.25, 0.3) is 0 Å². The number of amides is 2. The van der Waals surface area contributed by atoms with Crippen LogP contribution in [0.1, 0.15) is 43.0 Å². The Kier molecular flexibility index (Phi) is 4.73. The molecule has 2 amide bonds. The van der Waals surface area contributed by atoms with Gasteiger partial charge in [-0.25, -0.2) is 9.59 Å². The van der Waals surface area contributed by atoms with E-state index in [2.05, 4.69) is 17.6 Å². The van der Waals surface area contributed by atoms with E-state index < -0.39 is 5.97 Å². The fourth-order valence-electron chi connectivity index (χ4n) is 2.43. The van der Waals surface area contributed by atoms with Crippen LogP contribution in [0.4, 0.5) is 10.5 Å². The molecule has 1 saturated carbocycles. The summed E-state index contributed by atoms with van der Waals surface area (Å²) in [6.45, 7) is 2.82. The number of anilines is 1. The van der Waals surface area contributed by atoms with Crippen molar-refractivity contribution in [3.8, 4) is 0 Å². The van der Waals surface area contributed by atoms with Crippen molar-refractivity contribution in [1.29, 1.82) is 0 Å². The van der Waals surface area contributed by atoms with Gasteiger partial charge in [-0.1, -0.05) is 24.9 Å². The van der Waals surface area contributed by atoms with E-state index in [4.69, 9.17) is 16.7 Å². The maximum absolute atomic E-state index is 11.8. The number of hydrogen-bond donors (Lipinski definition) is 3. The Labute approximate surface area is 128 Å². The molecule has 1 aliphatic rings. The number of carbonyl (C=O) groups is 2. The van der Waals surface area contributed by atoms with Crippen LogP contribution in [0.5, 0.6) is 0 Å². The molecule has 3 N–H and O–H groups in total. The number of carboxylic acid groups (broad SMARTS) is 1. The molecule has 1 fully saturated rings. The molecule has 114 valence electrons. The minimum atomic E-state index is -1.09. The number of benzene rings is 1. The SMILES string of the molecule is CCCC1(CNC(=O)Nc2ccc(C(=O)O)c(Cl)c2)CC1. The van der Waals surface area contributed by atoms with Crippen molar-refractivity contribution in [3.05, 3.63) is 28.8 Å². The van der Waals surface area contributed by atoms with Gasteiger partial charge in [0.1, 0.15) is 0 Å². The second-order valence-corrected chi connectivity index (χ2v) is 5.96. The minimum absolute atomic E-state index is 0.0162. The van der Waals surface area contributed by atoms with Crippen LogP contribution in [-0.4, -0.2) is 23.7 Å². The van der Waals surface area contributed by atoms with Crippen LogP contribution in [0.3, 0.4) is 0 Å². The highest BCUT2D eigenvalue weighted by Gasteiger charge is 2.41. The van der Waals surface area contributed by atoms with Crippen LogP contribution in [0.2, 0.25) is 5.02 Å². The van der Waals surface area contributed by atoms with Crippen molar-refractivity contribution in [2.24, 2.45) is 5.41 Å². The zero-order valence-corrected chi connectivity index (χ0v) is 12.7. The summed E-state index contributed by atoms with van der Waals surface area (Å²) in [6, 6.07) is 4.04. The third-order valence-corrected chi connectivity index (χ3v) is 4.13. The monoisotopic (exact) mass is 310 g/mol. The number of halogens is 1. The van der Waals surface area contributed by atoms with Crippen molar-refractivity contribution in [2.45, 2.75) is 32.6 Å². The molecular weight excluding hydrogens is 292 g/mol. The van der Waals surface area contributed by atoms with Gasteiger partial charge < -0.3 is 15.7 Å². The Bertz CT molecular complexity index is 556. The fourth-order valence-corrected chi connectivity index (χ4v) is 2.69. The van der Waals surface area contributed by atoms with Crippen molar-refractivity contribution in [3.63, 3.8) is 0 Å². The van der Waals surface area contributed by atoms with E-state index in [1.165, 1.54) is 31.0 Å². The lowest BCUT2D eigenvalue weighted by molar-refractivity contribution is 0.0697. The van der Waals surface area contributed by atoms with E-state index in [1.54, 1.807) is 0 Å². The first-order chi connectivity index (χ1) is 9.96. The lowest BCUT2D eigenvalue weighted by atomic mass is 10.0. The first-order valence-electron chi connectivity index (χ1n) is 7.03. The van der Waals surface area contributed by atoms with Crippen LogP contribution in [0.15, 0.2) is 18.2 Å². The standard InChI is InChI=1S/C15H19ClN2O3/c1-2-5-15(6-7-15)9-17-14(21)18-10-3-4-11(13(19)20)12(16)8-10/h3-4,8H,2,5-7,9H2,1H3,(H,19,20)(H2,17,18,21). The second-order valence-electron chi connectivity index (χ2n) is 5.56. The first-order valence-corrected chi connectivity index (χ1v) is 7.41. The Morgan fingerprint density at radius 1 is 1.38 bits per heavy atom. The molecule has 0 radical (unpaired) electrons. The van der Waals surface area contributed by atoms with Gasteiger partial charge in [-0.05, 0) is 42.9 Å². The van der Waals surface area contributed by atoms with Crippen molar-refractivity contribution >= 4 is 29.3 Å². The van der Waals surface area contributed by atoms with E-state index in [9.17, 15) is 9.59 Å².